The van der Waals surface area contributed by atoms with Gasteiger partial charge in [-0.1, -0.05) is 6.07 Å². The zero-order chi connectivity index (χ0) is 13.4. The fourth-order valence-corrected chi connectivity index (χ4v) is 2.73. The number of nitrogens with zero attached hydrogens (tertiary/aromatic N) is 1. The maximum Gasteiger partial charge on any atom is 0.256 e. The number of aromatic nitrogens is 2. The third-order valence-electron chi connectivity index (χ3n) is 3.26. The van der Waals surface area contributed by atoms with Crippen molar-refractivity contribution in [1.82, 2.24) is 10.2 Å². The van der Waals surface area contributed by atoms with Crippen LogP contribution in [0.5, 0.6) is 0 Å². The number of anilines is 1. The average Bonchev–Trinajstić information content (AvgIpc) is 2.93. The fourth-order valence-electron chi connectivity index (χ4n) is 2.34. The predicted octanol–water partition coefficient (Wildman–Crippen LogP) is 1.69. The number of rotatable bonds is 2. The summed E-state index contributed by atoms with van der Waals surface area (Å²) in [7, 11) is 0. The minimum atomic E-state index is -0.134. The lowest BCUT2D eigenvalue weighted by Gasteiger charge is -2.05. The van der Waals surface area contributed by atoms with Crippen molar-refractivity contribution in [3.63, 3.8) is 0 Å². The van der Waals surface area contributed by atoms with E-state index in [4.69, 9.17) is 5.73 Å². The van der Waals surface area contributed by atoms with Crippen LogP contribution in [-0.4, -0.2) is 22.1 Å². The van der Waals surface area contributed by atoms with E-state index in [0.29, 0.717) is 11.4 Å². The number of fused-ring (bicyclic) bond motifs is 1. The van der Waals surface area contributed by atoms with Gasteiger partial charge in [0.2, 0.25) is 0 Å². The first kappa shape index (κ1) is 12.6. The number of aromatic amines is 1. The molecule has 0 fully saturated rings. The number of halogens is 1. The first-order valence-electron chi connectivity index (χ1n) is 6.01. The number of hydrogen-bond acceptors (Lipinski definition) is 3. The average molecular weight is 368 g/mol. The van der Waals surface area contributed by atoms with Crippen LogP contribution in [0.25, 0.3) is 0 Å². The molecule has 3 rings (SSSR count). The normalized spacial score (nSPS) is 17.3. The third kappa shape index (κ3) is 2.50. The predicted molar refractivity (Wildman–Crippen MR) is 81.1 cm³/mol. The Labute approximate surface area is 124 Å². The fraction of sp³-hybridized carbons (Fsp3) is 0.231. The van der Waals surface area contributed by atoms with E-state index in [1.165, 1.54) is 11.1 Å². The SMILES string of the molecule is NC1Cc2ccc(C(=O)Nc3[nH]ncc3I)cc2C1. The molecule has 1 heterocycles. The van der Waals surface area contributed by atoms with E-state index in [-0.39, 0.29) is 11.9 Å². The molecule has 1 unspecified atom stereocenters. The van der Waals surface area contributed by atoms with Gasteiger partial charge in [-0.15, -0.1) is 0 Å². The molecule has 0 bridgehead atoms. The van der Waals surface area contributed by atoms with E-state index < -0.39 is 0 Å². The van der Waals surface area contributed by atoms with Gasteiger partial charge in [-0.05, 0) is 58.7 Å². The molecular weight excluding hydrogens is 355 g/mol. The molecule has 0 spiro atoms. The molecule has 1 atom stereocenters. The summed E-state index contributed by atoms with van der Waals surface area (Å²) in [5.41, 5.74) is 9.01. The number of hydrogen-bond donors (Lipinski definition) is 3. The highest BCUT2D eigenvalue weighted by atomic mass is 127. The van der Waals surface area contributed by atoms with Crippen molar-refractivity contribution in [1.29, 1.82) is 0 Å². The van der Waals surface area contributed by atoms with Crippen LogP contribution < -0.4 is 11.1 Å². The van der Waals surface area contributed by atoms with Gasteiger partial charge in [-0.25, -0.2) is 0 Å². The largest absolute Gasteiger partial charge is 0.327 e. The Bertz CT molecular complexity index is 637. The molecule has 1 amide bonds. The molecule has 0 aliphatic heterocycles. The van der Waals surface area contributed by atoms with E-state index >= 15 is 0 Å². The monoisotopic (exact) mass is 368 g/mol. The number of carbonyl (C=O) groups excluding carboxylic acids is 1. The molecule has 0 saturated carbocycles. The van der Waals surface area contributed by atoms with Crippen molar-refractivity contribution in [2.75, 3.05) is 5.32 Å². The summed E-state index contributed by atoms with van der Waals surface area (Å²) in [6.45, 7) is 0. The highest BCUT2D eigenvalue weighted by Gasteiger charge is 2.19. The van der Waals surface area contributed by atoms with Crippen molar-refractivity contribution in [3.05, 3.63) is 44.7 Å². The lowest BCUT2D eigenvalue weighted by atomic mass is 10.1. The standard InChI is InChI=1S/C13H13IN4O/c14-11-6-16-18-12(11)17-13(19)8-2-1-7-4-10(15)5-9(7)3-8/h1-3,6,10H,4-5,15H2,(H2,16,17,18,19). The second-order valence-corrected chi connectivity index (χ2v) is 5.86. The Kier molecular flexibility index (Phi) is 3.28. The van der Waals surface area contributed by atoms with Crippen LogP contribution >= 0.6 is 22.6 Å². The molecule has 1 aromatic heterocycles. The van der Waals surface area contributed by atoms with Crippen molar-refractivity contribution in [2.45, 2.75) is 18.9 Å². The van der Waals surface area contributed by atoms with E-state index in [2.05, 4.69) is 38.1 Å². The van der Waals surface area contributed by atoms with Gasteiger partial charge in [0.15, 0.2) is 0 Å². The zero-order valence-corrected chi connectivity index (χ0v) is 12.3. The van der Waals surface area contributed by atoms with Crippen LogP contribution in [0.3, 0.4) is 0 Å². The summed E-state index contributed by atoms with van der Waals surface area (Å²) in [6.07, 6.45) is 3.41. The molecule has 0 saturated heterocycles. The van der Waals surface area contributed by atoms with E-state index in [1.807, 2.05) is 18.2 Å². The lowest BCUT2D eigenvalue weighted by Crippen LogP contribution is -2.19. The second kappa shape index (κ2) is 4.93. The molecule has 1 aliphatic rings. The van der Waals surface area contributed by atoms with Crippen LogP contribution in [0.4, 0.5) is 5.82 Å². The first-order valence-corrected chi connectivity index (χ1v) is 7.09. The molecule has 1 aromatic carbocycles. The lowest BCUT2D eigenvalue weighted by molar-refractivity contribution is 0.102. The Morgan fingerprint density at radius 2 is 2.21 bits per heavy atom. The molecule has 5 nitrogen and oxygen atoms in total. The highest BCUT2D eigenvalue weighted by Crippen LogP contribution is 2.23. The molecule has 0 radical (unpaired) electrons. The number of benzene rings is 1. The van der Waals surface area contributed by atoms with Gasteiger partial charge in [0.05, 0.1) is 9.77 Å². The Balaban J connectivity index is 1.82. The summed E-state index contributed by atoms with van der Waals surface area (Å²) in [6, 6.07) is 5.95. The van der Waals surface area contributed by atoms with Crippen LogP contribution in [-0.2, 0) is 12.8 Å². The maximum atomic E-state index is 12.2. The van der Waals surface area contributed by atoms with Crippen molar-refractivity contribution < 1.29 is 4.79 Å². The van der Waals surface area contributed by atoms with Crippen molar-refractivity contribution in [2.24, 2.45) is 5.73 Å². The zero-order valence-electron chi connectivity index (χ0n) is 10.1. The van der Waals surface area contributed by atoms with Gasteiger partial charge in [0.1, 0.15) is 5.82 Å². The first-order chi connectivity index (χ1) is 9.13. The van der Waals surface area contributed by atoms with Crippen LogP contribution in [0.2, 0.25) is 0 Å². The number of nitrogens with two attached hydrogens (primary N) is 1. The third-order valence-corrected chi connectivity index (χ3v) is 4.08. The highest BCUT2D eigenvalue weighted by molar-refractivity contribution is 14.1. The summed E-state index contributed by atoms with van der Waals surface area (Å²) in [5.74, 6) is 0.494. The number of amides is 1. The minimum Gasteiger partial charge on any atom is -0.327 e. The molecule has 1 aliphatic carbocycles. The van der Waals surface area contributed by atoms with Gasteiger partial charge in [-0.3, -0.25) is 9.89 Å². The minimum absolute atomic E-state index is 0.134. The summed E-state index contributed by atoms with van der Waals surface area (Å²) in [5, 5.41) is 9.44. The van der Waals surface area contributed by atoms with Gasteiger partial charge in [0.25, 0.3) is 5.91 Å². The smallest absolute Gasteiger partial charge is 0.256 e. The van der Waals surface area contributed by atoms with Crippen LogP contribution in [0.1, 0.15) is 21.5 Å². The van der Waals surface area contributed by atoms with Crippen LogP contribution in [0, 0.1) is 3.57 Å². The summed E-state index contributed by atoms with van der Waals surface area (Å²) in [4.78, 5) is 12.2. The van der Waals surface area contributed by atoms with E-state index in [9.17, 15) is 4.79 Å². The number of carbonyl (C=O) groups is 1. The molecule has 4 N–H and O–H groups in total. The van der Waals surface area contributed by atoms with Crippen molar-refractivity contribution >= 4 is 34.3 Å². The quantitative estimate of drug-likeness (QED) is 0.706. The molecular formula is C13H13IN4O. The van der Waals surface area contributed by atoms with Gasteiger partial charge in [-0.2, -0.15) is 5.10 Å². The number of H-pyrrole nitrogens is 1. The molecule has 6 heteroatoms. The van der Waals surface area contributed by atoms with Gasteiger partial charge in [0, 0.05) is 11.6 Å². The topological polar surface area (TPSA) is 83.8 Å². The maximum absolute atomic E-state index is 12.2. The Hall–Kier alpha value is -1.41. The molecule has 98 valence electrons. The van der Waals surface area contributed by atoms with Gasteiger partial charge >= 0.3 is 0 Å². The Morgan fingerprint density at radius 1 is 1.42 bits per heavy atom. The summed E-state index contributed by atoms with van der Waals surface area (Å²) < 4.78 is 0.883. The molecule has 19 heavy (non-hydrogen) atoms. The van der Waals surface area contributed by atoms with Gasteiger partial charge < -0.3 is 11.1 Å². The second-order valence-electron chi connectivity index (χ2n) is 4.70. The molecule has 2 aromatic rings. The van der Waals surface area contributed by atoms with E-state index in [0.717, 1.165) is 16.4 Å². The Morgan fingerprint density at radius 3 is 2.95 bits per heavy atom. The summed E-state index contributed by atoms with van der Waals surface area (Å²) >= 11 is 2.12. The number of nitrogens with one attached hydrogen (secondary N) is 2. The van der Waals surface area contributed by atoms with Crippen molar-refractivity contribution in [3.8, 4) is 0 Å². The van der Waals surface area contributed by atoms with Crippen LogP contribution in [0.15, 0.2) is 24.4 Å². The van der Waals surface area contributed by atoms with E-state index in [1.54, 1.807) is 6.20 Å².